The lowest BCUT2D eigenvalue weighted by Gasteiger charge is -2.26. The fourth-order valence-electron chi connectivity index (χ4n) is 4.21. The first-order chi connectivity index (χ1) is 16.7. The molecule has 0 aliphatic carbocycles. The molecule has 7 heteroatoms. The topological polar surface area (TPSA) is 50.7 Å². The van der Waals surface area contributed by atoms with Crippen LogP contribution in [0.5, 0.6) is 5.75 Å². The molecule has 2 aromatic heterocycles. The number of aromatic nitrogens is 2. The number of morpholine rings is 1. The van der Waals surface area contributed by atoms with Crippen molar-refractivity contribution < 1.29 is 9.47 Å². The van der Waals surface area contributed by atoms with Crippen molar-refractivity contribution in [2.75, 3.05) is 51.4 Å². The van der Waals surface area contributed by atoms with Crippen LogP contribution < -0.4 is 9.64 Å². The van der Waals surface area contributed by atoms with Crippen molar-refractivity contribution in [1.29, 1.82) is 0 Å². The first-order valence-corrected chi connectivity index (χ1v) is 12.6. The summed E-state index contributed by atoms with van der Waals surface area (Å²) in [5.74, 6) is 2.72. The van der Waals surface area contributed by atoms with E-state index in [4.69, 9.17) is 19.4 Å². The van der Waals surface area contributed by atoms with Crippen molar-refractivity contribution in [2.24, 2.45) is 0 Å². The second kappa shape index (κ2) is 10.5. The molecule has 5 rings (SSSR count). The van der Waals surface area contributed by atoms with E-state index in [0.29, 0.717) is 6.61 Å². The molecule has 1 aliphatic rings. The van der Waals surface area contributed by atoms with Crippen molar-refractivity contribution in [3.05, 3.63) is 71.4 Å². The smallest absolute Gasteiger partial charge is 0.146 e. The highest BCUT2D eigenvalue weighted by atomic mass is 32.1. The van der Waals surface area contributed by atoms with Gasteiger partial charge in [-0.15, -0.1) is 11.3 Å². The zero-order valence-electron chi connectivity index (χ0n) is 19.7. The van der Waals surface area contributed by atoms with Crippen LogP contribution in [0.4, 0.5) is 5.82 Å². The van der Waals surface area contributed by atoms with Gasteiger partial charge in [0.15, 0.2) is 0 Å². The Labute approximate surface area is 204 Å². The van der Waals surface area contributed by atoms with E-state index in [-0.39, 0.29) is 0 Å². The number of rotatable bonds is 8. The molecule has 3 heterocycles. The predicted octanol–water partition coefficient (Wildman–Crippen LogP) is 5.01. The molecule has 34 heavy (non-hydrogen) atoms. The van der Waals surface area contributed by atoms with Crippen LogP contribution in [-0.2, 0) is 11.3 Å². The maximum Gasteiger partial charge on any atom is 0.146 e. The van der Waals surface area contributed by atoms with Crippen LogP contribution in [0.25, 0.3) is 21.3 Å². The van der Waals surface area contributed by atoms with Gasteiger partial charge in [-0.1, -0.05) is 42.5 Å². The molecule has 4 aromatic rings. The van der Waals surface area contributed by atoms with Crippen LogP contribution in [0, 0.1) is 6.92 Å². The van der Waals surface area contributed by atoms with Gasteiger partial charge in [-0.25, -0.2) is 9.97 Å². The molecular formula is C27H30N4O2S. The SMILES string of the molecule is Cc1cccc(OCCN(C)c2nc(CN3CCOCC3)nc3scc(-c4ccccc4)c23)c1. The van der Waals surface area contributed by atoms with E-state index in [1.165, 1.54) is 16.7 Å². The quantitative estimate of drug-likeness (QED) is 0.358. The fraction of sp³-hybridized carbons (Fsp3) is 0.333. The third kappa shape index (κ3) is 5.22. The van der Waals surface area contributed by atoms with E-state index in [1.54, 1.807) is 11.3 Å². The van der Waals surface area contributed by atoms with Gasteiger partial charge in [0.25, 0.3) is 0 Å². The summed E-state index contributed by atoms with van der Waals surface area (Å²) in [6, 6.07) is 18.7. The maximum atomic E-state index is 6.03. The second-order valence-corrected chi connectivity index (χ2v) is 9.49. The van der Waals surface area contributed by atoms with Crippen molar-refractivity contribution in [3.8, 4) is 16.9 Å². The minimum Gasteiger partial charge on any atom is -0.492 e. The average molecular weight is 475 g/mol. The molecular weight excluding hydrogens is 444 g/mol. The highest BCUT2D eigenvalue weighted by Gasteiger charge is 2.20. The number of hydrogen-bond donors (Lipinski definition) is 0. The third-order valence-corrected chi connectivity index (χ3v) is 6.93. The van der Waals surface area contributed by atoms with Crippen LogP contribution in [0.15, 0.2) is 60.0 Å². The van der Waals surface area contributed by atoms with E-state index < -0.39 is 0 Å². The van der Waals surface area contributed by atoms with Crippen LogP contribution in [0.1, 0.15) is 11.4 Å². The average Bonchev–Trinajstić information content (AvgIpc) is 3.29. The first-order valence-electron chi connectivity index (χ1n) is 11.7. The van der Waals surface area contributed by atoms with Gasteiger partial charge in [0, 0.05) is 31.1 Å². The number of hydrogen-bond acceptors (Lipinski definition) is 7. The largest absolute Gasteiger partial charge is 0.492 e. The van der Waals surface area contributed by atoms with E-state index in [0.717, 1.165) is 67.0 Å². The predicted molar refractivity (Wildman–Crippen MR) is 139 cm³/mol. The molecule has 0 unspecified atom stereocenters. The van der Waals surface area contributed by atoms with E-state index in [1.807, 2.05) is 18.2 Å². The van der Waals surface area contributed by atoms with Gasteiger partial charge in [-0.2, -0.15) is 0 Å². The summed E-state index contributed by atoms with van der Waals surface area (Å²) in [6.07, 6.45) is 0. The second-order valence-electron chi connectivity index (χ2n) is 8.63. The monoisotopic (exact) mass is 474 g/mol. The first kappa shape index (κ1) is 22.8. The number of nitrogens with zero attached hydrogens (tertiary/aromatic N) is 4. The Morgan fingerprint density at radius 1 is 1.06 bits per heavy atom. The molecule has 1 saturated heterocycles. The summed E-state index contributed by atoms with van der Waals surface area (Å²) < 4.78 is 11.5. The lowest BCUT2D eigenvalue weighted by Crippen LogP contribution is -2.36. The Hall–Kier alpha value is -3.00. The van der Waals surface area contributed by atoms with E-state index in [9.17, 15) is 0 Å². The molecule has 0 amide bonds. The van der Waals surface area contributed by atoms with Crippen molar-refractivity contribution in [2.45, 2.75) is 13.5 Å². The Morgan fingerprint density at radius 3 is 2.68 bits per heavy atom. The van der Waals surface area contributed by atoms with Gasteiger partial charge in [0.05, 0.1) is 31.7 Å². The number of anilines is 1. The number of fused-ring (bicyclic) bond motifs is 1. The summed E-state index contributed by atoms with van der Waals surface area (Å²) in [7, 11) is 2.09. The molecule has 176 valence electrons. The molecule has 0 atom stereocenters. The minimum atomic E-state index is 0.578. The lowest BCUT2D eigenvalue weighted by atomic mass is 10.1. The molecule has 2 aromatic carbocycles. The molecule has 0 saturated carbocycles. The van der Waals surface area contributed by atoms with Crippen LogP contribution in [-0.4, -0.2) is 61.4 Å². The van der Waals surface area contributed by atoms with Crippen molar-refractivity contribution in [3.63, 3.8) is 0 Å². The highest BCUT2D eigenvalue weighted by molar-refractivity contribution is 7.17. The number of thiophene rings is 1. The van der Waals surface area contributed by atoms with Crippen LogP contribution in [0.2, 0.25) is 0 Å². The molecule has 1 aliphatic heterocycles. The van der Waals surface area contributed by atoms with Crippen molar-refractivity contribution >= 4 is 27.4 Å². The van der Waals surface area contributed by atoms with Crippen molar-refractivity contribution in [1.82, 2.24) is 14.9 Å². The Morgan fingerprint density at radius 2 is 1.88 bits per heavy atom. The number of benzene rings is 2. The van der Waals surface area contributed by atoms with E-state index >= 15 is 0 Å². The molecule has 0 spiro atoms. The van der Waals surface area contributed by atoms with E-state index in [2.05, 4.69) is 65.5 Å². The molecule has 0 bridgehead atoms. The standard InChI is InChI=1S/C27H30N4O2S/c1-20-7-6-10-22(17-20)33-16-11-30(2)26-25-23(21-8-4-3-5-9-21)19-34-27(25)29-24(28-26)18-31-12-14-32-15-13-31/h3-10,17,19H,11-16,18H2,1-2H3. The zero-order chi connectivity index (χ0) is 23.3. The lowest BCUT2D eigenvalue weighted by molar-refractivity contribution is 0.0331. The molecule has 0 N–H and O–H groups in total. The van der Waals surface area contributed by atoms with Gasteiger partial charge in [-0.3, -0.25) is 4.90 Å². The van der Waals surface area contributed by atoms with Gasteiger partial charge in [0.2, 0.25) is 0 Å². The molecule has 6 nitrogen and oxygen atoms in total. The minimum absolute atomic E-state index is 0.578. The van der Waals surface area contributed by atoms with Crippen LogP contribution in [0.3, 0.4) is 0 Å². The summed E-state index contributed by atoms with van der Waals surface area (Å²) >= 11 is 1.69. The summed E-state index contributed by atoms with van der Waals surface area (Å²) in [5, 5.41) is 3.31. The summed E-state index contributed by atoms with van der Waals surface area (Å²) in [5.41, 5.74) is 3.56. The van der Waals surface area contributed by atoms with Gasteiger partial charge in [0.1, 0.15) is 28.8 Å². The Balaban J connectivity index is 1.44. The number of aryl methyl sites for hydroxylation is 1. The maximum absolute atomic E-state index is 6.03. The van der Waals surface area contributed by atoms with Crippen LogP contribution >= 0.6 is 11.3 Å². The number of likely N-dealkylation sites (N-methyl/N-ethyl adjacent to an activating group) is 1. The van der Waals surface area contributed by atoms with Gasteiger partial charge < -0.3 is 14.4 Å². The Bertz CT molecular complexity index is 1240. The third-order valence-electron chi connectivity index (χ3n) is 6.06. The molecule has 0 radical (unpaired) electrons. The number of ether oxygens (including phenoxy) is 2. The zero-order valence-corrected chi connectivity index (χ0v) is 20.6. The fourth-order valence-corrected chi connectivity index (χ4v) is 5.17. The normalized spacial score (nSPS) is 14.4. The van der Waals surface area contributed by atoms with Gasteiger partial charge >= 0.3 is 0 Å². The highest BCUT2D eigenvalue weighted by Crippen LogP contribution is 2.38. The summed E-state index contributed by atoms with van der Waals surface area (Å²) in [4.78, 5) is 15.6. The molecule has 1 fully saturated rings. The van der Waals surface area contributed by atoms with Gasteiger partial charge in [-0.05, 0) is 30.2 Å². The summed E-state index contributed by atoms with van der Waals surface area (Å²) in [6.45, 7) is 7.47. The Kier molecular flexibility index (Phi) is 7.04.